The molecule has 4 heterocycles. The van der Waals surface area contributed by atoms with Crippen LogP contribution in [-0.4, -0.2) is 24.5 Å². The van der Waals surface area contributed by atoms with Crippen molar-refractivity contribution in [3.05, 3.63) is 114 Å². The van der Waals surface area contributed by atoms with Crippen LogP contribution in [0.1, 0.15) is 34.7 Å². The molecular weight excluding hydrogens is 402 g/mol. The van der Waals surface area contributed by atoms with Crippen LogP contribution in [-0.2, 0) is 6.54 Å². The van der Waals surface area contributed by atoms with Crippen molar-refractivity contribution >= 4 is 17.3 Å². The van der Waals surface area contributed by atoms with Gasteiger partial charge in [0.05, 0.1) is 30.0 Å². The van der Waals surface area contributed by atoms with Crippen LogP contribution in [0.25, 0.3) is 5.69 Å². The second-order valence-corrected chi connectivity index (χ2v) is 8.10. The third-order valence-corrected chi connectivity index (χ3v) is 6.00. The van der Waals surface area contributed by atoms with Crippen LogP contribution >= 0.6 is 12.2 Å². The van der Waals surface area contributed by atoms with Crippen LogP contribution in [0.5, 0.6) is 0 Å². The van der Waals surface area contributed by atoms with Crippen molar-refractivity contribution in [1.29, 1.82) is 0 Å². The zero-order chi connectivity index (χ0) is 21.2. The predicted molar refractivity (Wildman–Crippen MR) is 126 cm³/mol. The Balaban J connectivity index is 1.60. The van der Waals surface area contributed by atoms with Gasteiger partial charge in [0.25, 0.3) is 0 Å². The number of rotatable bonds is 5. The molecule has 2 atom stereocenters. The van der Waals surface area contributed by atoms with E-state index in [2.05, 4.69) is 80.3 Å². The molecule has 0 unspecified atom stereocenters. The number of hydrogen-bond acceptors (Lipinski definition) is 3. The van der Waals surface area contributed by atoms with Gasteiger partial charge in [0.15, 0.2) is 5.11 Å². The summed E-state index contributed by atoms with van der Waals surface area (Å²) >= 11 is 5.79. The quantitative estimate of drug-likeness (QED) is 0.468. The van der Waals surface area contributed by atoms with Gasteiger partial charge in [-0.15, -0.1) is 0 Å². The van der Waals surface area contributed by atoms with E-state index in [-0.39, 0.29) is 12.1 Å². The number of pyridine rings is 2. The second kappa shape index (κ2) is 8.32. The Kier molecular flexibility index (Phi) is 5.22. The van der Waals surface area contributed by atoms with Crippen molar-refractivity contribution in [2.75, 3.05) is 0 Å². The van der Waals surface area contributed by atoms with E-state index in [1.807, 2.05) is 42.7 Å². The van der Waals surface area contributed by atoms with Gasteiger partial charge in [-0.2, -0.15) is 0 Å². The Hall–Kier alpha value is -3.51. The van der Waals surface area contributed by atoms with Crippen LogP contribution in [0.3, 0.4) is 0 Å². The highest BCUT2D eigenvalue weighted by molar-refractivity contribution is 7.80. The Morgan fingerprint density at radius 2 is 1.68 bits per heavy atom. The maximum atomic E-state index is 5.79. The summed E-state index contributed by atoms with van der Waals surface area (Å²) in [4.78, 5) is 11.4. The molecule has 154 valence electrons. The minimum Gasteiger partial charge on any atom is -0.352 e. The molecule has 1 aliphatic rings. The highest BCUT2D eigenvalue weighted by atomic mass is 32.1. The molecule has 0 amide bonds. The molecule has 4 aromatic rings. The zero-order valence-electron chi connectivity index (χ0n) is 17.2. The number of aromatic nitrogens is 3. The molecular formula is C25H23N5S. The summed E-state index contributed by atoms with van der Waals surface area (Å²) in [6, 6.07) is 24.7. The van der Waals surface area contributed by atoms with Crippen LogP contribution in [0, 0.1) is 6.92 Å². The first-order chi connectivity index (χ1) is 15.2. The lowest BCUT2D eigenvalue weighted by molar-refractivity contribution is 0.299. The van der Waals surface area contributed by atoms with Crippen LogP contribution in [0.2, 0.25) is 0 Å². The van der Waals surface area contributed by atoms with Gasteiger partial charge in [0.1, 0.15) is 0 Å². The number of thiocarbonyl (C=S) groups is 1. The lowest BCUT2D eigenvalue weighted by Gasteiger charge is -2.28. The Labute approximate surface area is 187 Å². The molecule has 1 N–H and O–H groups in total. The van der Waals surface area contributed by atoms with Gasteiger partial charge in [-0.1, -0.05) is 29.8 Å². The molecule has 5 nitrogen and oxygen atoms in total. The summed E-state index contributed by atoms with van der Waals surface area (Å²) in [6.07, 6.45) is 5.76. The molecule has 1 saturated heterocycles. The van der Waals surface area contributed by atoms with E-state index in [9.17, 15) is 0 Å². The molecule has 1 fully saturated rings. The monoisotopic (exact) mass is 425 g/mol. The van der Waals surface area contributed by atoms with E-state index in [4.69, 9.17) is 12.2 Å². The average molecular weight is 426 g/mol. The van der Waals surface area contributed by atoms with Gasteiger partial charge < -0.3 is 14.8 Å². The first-order valence-electron chi connectivity index (χ1n) is 10.3. The number of nitrogens with zero attached hydrogens (tertiary/aromatic N) is 4. The van der Waals surface area contributed by atoms with Crippen molar-refractivity contribution in [3.8, 4) is 5.69 Å². The topological polar surface area (TPSA) is 46.0 Å². The maximum absolute atomic E-state index is 5.79. The summed E-state index contributed by atoms with van der Waals surface area (Å²) in [5.74, 6) is 0. The SMILES string of the molecule is Cc1ccc(-n2cccc2[C@@H]2[C@H](c3ccccn3)NC(=S)N2Cc2ccccn2)cc1. The summed E-state index contributed by atoms with van der Waals surface area (Å²) in [6.45, 7) is 2.73. The van der Waals surface area contributed by atoms with Gasteiger partial charge in [0, 0.05) is 30.0 Å². The van der Waals surface area contributed by atoms with E-state index in [0.29, 0.717) is 11.7 Å². The molecule has 6 heteroatoms. The largest absolute Gasteiger partial charge is 0.352 e. The highest BCUT2D eigenvalue weighted by Gasteiger charge is 2.41. The third kappa shape index (κ3) is 3.82. The number of aryl methyl sites for hydroxylation is 1. The number of benzene rings is 1. The smallest absolute Gasteiger partial charge is 0.170 e. The van der Waals surface area contributed by atoms with Gasteiger partial charge >= 0.3 is 0 Å². The molecule has 0 saturated carbocycles. The number of hydrogen-bond donors (Lipinski definition) is 1. The first-order valence-corrected chi connectivity index (χ1v) is 10.7. The third-order valence-electron chi connectivity index (χ3n) is 5.65. The van der Waals surface area contributed by atoms with Crippen molar-refractivity contribution in [2.45, 2.75) is 25.6 Å². The van der Waals surface area contributed by atoms with E-state index >= 15 is 0 Å². The molecule has 3 aromatic heterocycles. The molecule has 0 spiro atoms. The highest BCUT2D eigenvalue weighted by Crippen LogP contribution is 2.40. The van der Waals surface area contributed by atoms with Gasteiger partial charge in [0.2, 0.25) is 0 Å². The Bertz CT molecular complexity index is 1170. The Morgan fingerprint density at radius 1 is 0.903 bits per heavy atom. The summed E-state index contributed by atoms with van der Waals surface area (Å²) in [7, 11) is 0. The fraction of sp³-hybridized carbons (Fsp3) is 0.160. The normalized spacial score (nSPS) is 18.2. The maximum Gasteiger partial charge on any atom is 0.170 e. The Morgan fingerprint density at radius 3 is 2.39 bits per heavy atom. The van der Waals surface area contributed by atoms with Gasteiger partial charge in [-0.3, -0.25) is 9.97 Å². The van der Waals surface area contributed by atoms with Crippen molar-refractivity contribution < 1.29 is 0 Å². The van der Waals surface area contributed by atoms with Crippen LogP contribution in [0.15, 0.2) is 91.4 Å². The van der Waals surface area contributed by atoms with E-state index in [1.165, 1.54) is 5.56 Å². The van der Waals surface area contributed by atoms with Gasteiger partial charge in [-0.25, -0.2) is 0 Å². The minimum absolute atomic E-state index is 0.0271. The lowest BCUT2D eigenvalue weighted by Crippen LogP contribution is -2.30. The molecule has 0 bridgehead atoms. The predicted octanol–water partition coefficient (Wildman–Crippen LogP) is 4.75. The van der Waals surface area contributed by atoms with Crippen molar-refractivity contribution in [3.63, 3.8) is 0 Å². The minimum atomic E-state index is -0.0588. The van der Waals surface area contributed by atoms with E-state index in [1.54, 1.807) is 0 Å². The molecule has 0 aliphatic carbocycles. The van der Waals surface area contributed by atoms with E-state index in [0.717, 1.165) is 22.8 Å². The summed E-state index contributed by atoms with van der Waals surface area (Å²) in [5, 5.41) is 4.23. The fourth-order valence-corrected chi connectivity index (χ4v) is 4.44. The van der Waals surface area contributed by atoms with Crippen molar-refractivity contribution in [2.24, 2.45) is 0 Å². The summed E-state index contributed by atoms with van der Waals surface area (Å²) in [5.41, 5.74) is 5.47. The molecule has 0 radical (unpaired) electrons. The van der Waals surface area contributed by atoms with Gasteiger partial charge in [-0.05, 0) is 67.7 Å². The standard InChI is InChI=1S/C25H23N5S/c1-18-10-12-20(13-11-18)29-16-6-9-22(29)24-23(21-8-3-5-15-27-21)28-25(31)30(24)17-19-7-2-4-14-26-19/h2-16,23-24H,17H2,1H3,(H,28,31)/t23-,24+/m0/s1. The van der Waals surface area contributed by atoms with Crippen LogP contribution < -0.4 is 5.32 Å². The molecule has 1 aromatic carbocycles. The van der Waals surface area contributed by atoms with Crippen LogP contribution in [0.4, 0.5) is 0 Å². The second-order valence-electron chi connectivity index (χ2n) is 7.71. The average Bonchev–Trinajstić information content (AvgIpc) is 3.40. The fourth-order valence-electron chi connectivity index (χ4n) is 4.14. The van der Waals surface area contributed by atoms with E-state index < -0.39 is 0 Å². The summed E-state index contributed by atoms with van der Waals surface area (Å²) < 4.78 is 2.24. The zero-order valence-corrected chi connectivity index (χ0v) is 18.0. The molecule has 5 rings (SSSR count). The molecule has 1 aliphatic heterocycles. The van der Waals surface area contributed by atoms with Crippen molar-refractivity contribution in [1.82, 2.24) is 24.8 Å². The first kappa shape index (κ1) is 19.5. The molecule has 31 heavy (non-hydrogen) atoms. The number of nitrogens with one attached hydrogen (secondary N) is 1. The lowest BCUT2D eigenvalue weighted by atomic mass is 10.0.